The molecule has 0 fully saturated rings. The molecule has 0 saturated carbocycles. The van der Waals surface area contributed by atoms with Crippen molar-refractivity contribution >= 4 is 21.7 Å². The molecule has 128 valence electrons. The summed E-state index contributed by atoms with van der Waals surface area (Å²) >= 11 is 0. The molecule has 0 aromatic heterocycles. The maximum atomic E-state index is 12.0. The van der Waals surface area contributed by atoms with Gasteiger partial charge in [0.05, 0.1) is 12.3 Å². The number of rotatable bonds is 6. The smallest absolute Gasteiger partial charge is 0.315 e. The number of benzene rings is 2. The number of carbonyl (C=O) groups excluding carboxylic acids is 1. The van der Waals surface area contributed by atoms with Gasteiger partial charge in [-0.15, -0.1) is 0 Å². The van der Waals surface area contributed by atoms with Crippen molar-refractivity contribution in [3.63, 3.8) is 0 Å². The molecule has 3 N–H and O–H groups in total. The van der Waals surface area contributed by atoms with Crippen molar-refractivity contribution in [2.75, 3.05) is 11.0 Å². The fourth-order valence-electron chi connectivity index (χ4n) is 2.21. The monoisotopic (exact) mass is 347 g/mol. The molecule has 2 amide bonds. The van der Waals surface area contributed by atoms with Crippen molar-refractivity contribution in [2.24, 2.45) is 0 Å². The van der Waals surface area contributed by atoms with Crippen LogP contribution in [0.1, 0.15) is 24.1 Å². The van der Waals surface area contributed by atoms with Crippen molar-refractivity contribution in [1.82, 2.24) is 10.6 Å². The fraction of sp³-hybridized carbons (Fsp3) is 0.235. The molecule has 2 aromatic rings. The van der Waals surface area contributed by atoms with E-state index in [9.17, 15) is 13.2 Å². The minimum Gasteiger partial charge on any atom is -0.334 e. The molecule has 0 aliphatic carbocycles. The van der Waals surface area contributed by atoms with Gasteiger partial charge in [-0.3, -0.25) is 4.72 Å². The summed E-state index contributed by atoms with van der Waals surface area (Å²) < 4.78 is 24.9. The SMILES string of the molecule is CC(NC(=O)NCc1cccc(NS(C)(=O)=O)c1)c1ccccc1. The Balaban J connectivity index is 1.89. The normalized spacial score (nSPS) is 12.2. The van der Waals surface area contributed by atoms with Gasteiger partial charge in [-0.2, -0.15) is 0 Å². The largest absolute Gasteiger partial charge is 0.334 e. The van der Waals surface area contributed by atoms with Gasteiger partial charge in [-0.25, -0.2) is 13.2 Å². The first-order valence-electron chi connectivity index (χ1n) is 7.49. The molecule has 2 rings (SSSR count). The van der Waals surface area contributed by atoms with Crippen LogP contribution in [0, 0.1) is 0 Å². The molecule has 0 spiro atoms. The van der Waals surface area contributed by atoms with Crippen molar-refractivity contribution < 1.29 is 13.2 Å². The second kappa shape index (κ2) is 7.83. The zero-order valence-corrected chi connectivity index (χ0v) is 14.4. The van der Waals surface area contributed by atoms with Crippen LogP contribution in [0.3, 0.4) is 0 Å². The van der Waals surface area contributed by atoms with Crippen LogP contribution in [-0.2, 0) is 16.6 Å². The maximum Gasteiger partial charge on any atom is 0.315 e. The Morgan fingerprint density at radius 3 is 2.46 bits per heavy atom. The molecule has 0 saturated heterocycles. The molecule has 0 aliphatic rings. The van der Waals surface area contributed by atoms with E-state index in [-0.39, 0.29) is 12.1 Å². The molecule has 1 atom stereocenters. The lowest BCUT2D eigenvalue weighted by Gasteiger charge is -2.15. The van der Waals surface area contributed by atoms with Gasteiger partial charge in [0.1, 0.15) is 0 Å². The number of nitrogens with one attached hydrogen (secondary N) is 3. The lowest BCUT2D eigenvalue weighted by molar-refractivity contribution is 0.237. The highest BCUT2D eigenvalue weighted by molar-refractivity contribution is 7.92. The first-order valence-corrected chi connectivity index (χ1v) is 9.39. The Bertz CT molecular complexity index is 792. The average Bonchev–Trinajstić information content (AvgIpc) is 2.52. The number of hydrogen-bond donors (Lipinski definition) is 3. The first kappa shape index (κ1) is 17.8. The van der Waals surface area contributed by atoms with Gasteiger partial charge < -0.3 is 10.6 Å². The molecule has 0 radical (unpaired) electrons. The fourth-order valence-corrected chi connectivity index (χ4v) is 2.77. The minimum absolute atomic E-state index is 0.107. The zero-order valence-electron chi connectivity index (χ0n) is 13.6. The van der Waals surface area contributed by atoms with E-state index in [1.54, 1.807) is 18.2 Å². The van der Waals surface area contributed by atoms with Crippen LogP contribution < -0.4 is 15.4 Å². The second-order valence-electron chi connectivity index (χ2n) is 5.53. The molecule has 24 heavy (non-hydrogen) atoms. The average molecular weight is 347 g/mol. The Hall–Kier alpha value is -2.54. The van der Waals surface area contributed by atoms with Crippen LogP contribution in [-0.4, -0.2) is 20.7 Å². The van der Waals surface area contributed by atoms with E-state index in [1.807, 2.05) is 43.3 Å². The molecule has 0 aliphatic heterocycles. The summed E-state index contributed by atoms with van der Waals surface area (Å²) in [6.45, 7) is 2.21. The lowest BCUT2D eigenvalue weighted by atomic mass is 10.1. The summed E-state index contributed by atoms with van der Waals surface area (Å²) in [5, 5.41) is 5.62. The zero-order chi connectivity index (χ0) is 17.6. The Kier molecular flexibility index (Phi) is 5.81. The summed E-state index contributed by atoms with van der Waals surface area (Å²) in [6.07, 6.45) is 1.09. The first-order chi connectivity index (χ1) is 11.3. The van der Waals surface area contributed by atoms with Gasteiger partial charge >= 0.3 is 6.03 Å². The molecule has 7 heteroatoms. The lowest BCUT2D eigenvalue weighted by Crippen LogP contribution is -2.36. The molecular formula is C17H21N3O3S. The number of hydrogen-bond acceptors (Lipinski definition) is 3. The summed E-state index contributed by atoms with van der Waals surface area (Å²) in [5.41, 5.74) is 2.29. The molecule has 0 heterocycles. The summed E-state index contributed by atoms with van der Waals surface area (Å²) in [5.74, 6) is 0. The van der Waals surface area contributed by atoms with Crippen molar-refractivity contribution in [2.45, 2.75) is 19.5 Å². The minimum atomic E-state index is -3.32. The molecule has 6 nitrogen and oxygen atoms in total. The Morgan fingerprint density at radius 1 is 1.08 bits per heavy atom. The summed E-state index contributed by atoms with van der Waals surface area (Å²) in [4.78, 5) is 12.0. The van der Waals surface area contributed by atoms with Gasteiger partial charge in [-0.05, 0) is 30.2 Å². The second-order valence-corrected chi connectivity index (χ2v) is 7.28. The van der Waals surface area contributed by atoms with E-state index >= 15 is 0 Å². The standard InChI is InChI=1S/C17H21N3O3S/c1-13(15-8-4-3-5-9-15)19-17(21)18-12-14-7-6-10-16(11-14)20-24(2,22)23/h3-11,13,20H,12H2,1-2H3,(H2,18,19,21). The Morgan fingerprint density at radius 2 is 1.79 bits per heavy atom. The quantitative estimate of drug-likeness (QED) is 0.751. The van der Waals surface area contributed by atoms with Crippen LogP contribution >= 0.6 is 0 Å². The van der Waals surface area contributed by atoms with Gasteiger partial charge in [0, 0.05) is 12.2 Å². The molecule has 2 aromatic carbocycles. The van der Waals surface area contributed by atoms with E-state index in [0.717, 1.165) is 17.4 Å². The highest BCUT2D eigenvalue weighted by Crippen LogP contribution is 2.13. The van der Waals surface area contributed by atoms with Crippen molar-refractivity contribution in [3.8, 4) is 0 Å². The van der Waals surface area contributed by atoms with Crippen LogP contribution in [0.4, 0.5) is 10.5 Å². The van der Waals surface area contributed by atoms with Gasteiger partial charge in [0.15, 0.2) is 0 Å². The van der Waals surface area contributed by atoms with Crippen LogP contribution in [0.2, 0.25) is 0 Å². The third kappa shape index (κ3) is 5.92. The highest BCUT2D eigenvalue weighted by atomic mass is 32.2. The third-order valence-electron chi connectivity index (χ3n) is 3.33. The number of anilines is 1. The number of urea groups is 1. The number of sulfonamides is 1. The molecule has 0 bridgehead atoms. The van der Waals surface area contributed by atoms with Gasteiger partial charge in [0.2, 0.25) is 10.0 Å². The topological polar surface area (TPSA) is 87.3 Å². The van der Waals surface area contributed by atoms with E-state index < -0.39 is 10.0 Å². The Labute approximate surface area is 142 Å². The van der Waals surface area contributed by atoms with Crippen molar-refractivity contribution in [3.05, 3.63) is 65.7 Å². The molecular weight excluding hydrogens is 326 g/mol. The van der Waals surface area contributed by atoms with Crippen LogP contribution in [0.25, 0.3) is 0 Å². The van der Waals surface area contributed by atoms with E-state index in [2.05, 4.69) is 15.4 Å². The summed E-state index contributed by atoms with van der Waals surface area (Å²) in [7, 11) is -3.32. The van der Waals surface area contributed by atoms with Gasteiger partial charge in [-0.1, -0.05) is 42.5 Å². The van der Waals surface area contributed by atoms with Crippen LogP contribution in [0.5, 0.6) is 0 Å². The van der Waals surface area contributed by atoms with Crippen LogP contribution in [0.15, 0.2) is 54.6 Å². The van der Waals surface area contributed by atoms with Crippen molar-refractivity contribution in [1.29, 1.82) is 0 Å². The van der Waals surface area contributed by atoms with Gasteiger partial charge in [0.25, 0.3) is 0 Å². The predicted molar refractivity (Wildman–Crippen MR) is 95.1 cm³/mol. The predicted octanol–water partition coefficient (Wildman–Crippen LogP) is 2.62. The van der Waals surface area contributed by atoms with E-state index in [4.69, 9.17) is 0 Å². The molecule has 1 unspecified atom stereocenters. The maximum absolute atomic E-state index is 12.0. The van der Waals surface area contributed by atoms with E-state index in [0.29, 0.717) is 12.2 Å². The number of carbonyl (C=O) groups is 1. The summed E-state index contributed by atoms with van der Waals surface area (Å²) in [6, 6.07) is 16.2. The number of amides is 2. The highest BCUT2D eigenvalue weighted by Gasteiger charge is 2.09. The van der Waals surface area contributed by atoms with E-state index in [1.165, 1.54) is 0 Å². The third-order valence-corrected chi connectivity index (χ3v) is 3.94.